The van der Waals surface area contributed by atoms with Gasteiger partial charge in [0.15, 0.2) is 0 Å². The highest BCUT2D eigenvalue weighted by molar-refractivity contribution is 5.78. The molecule has 0 saturated carbocycles. The van der Waals surface area contributed by atoms with Crippen molar-refractivity contribution in [1.82, 2.24) is 10.6 Å². The molecule has 1 rings (SSSR count). The molecule has 5 nitrogen and oxygen atoms in total. The fraction of sp³-hybridized carbons (Fsp3) is 0.917. The molecule has 1 unspecified atom stereocenters. The molecule has 1 saturated heterocycles. The highest BCUT2D eigenvalue weighted by Gasteiger charge is 2.31. The Hall–Kier alpha value is -0.650. The predicted octanol–water partition coefficient (Wildman–Crippen LogP) is 0.0322. The Morgan fingerprint density at radius 2 is 2.12 bits per heavy atom. The molecule has 17 heavy (non-hydrogen) atoms. The number of hydrogen-bond acceptors (Lipinski definition) is 4. The molecular formula is C12H24N2O3. The van der Waals surface area contributed by atoms with Crippen LogP contribution in [0.25, 0.3) is 0 Å². The second-order valence-electron chi connectivity index (χ2n) is 4.78. The van der Waals surface area contributed by atoms with Crippen LogP contribution in [0.4, 0.5) is 0 Å². The average molecular weight is 244 g/mol. The topological polar surface area (TPSA) is 70.6 Å². The van der Waals surface area contributed by atoms with E-state index in [1.165, 1.54) is 0 Å². The monoisotopic (exact) mass is 244 g/mol. The van der Waals surface area contributed by atoms with E-state index in [0.29, 0.717) is 13.2 Å². The van der Waals surface area contributed by atoms with Crippen LogP contribution in [0.1, 0.15) is 33.1 Å². The van der Waals surface area contributed by atoms with E-state index in [1.54, 1.807) is 0 Å². The Bertz CT molecular complexity index is 240. The number of aliphatic hydroxyl groups excluding tert-OH is 1. The van der Waals surface area contributed by atoms with Crippen molar-refractivity contribution in [2.75, 3.05) is 26.4 Å². The second kappa shape index (κ2) is 6.93. The van der Waals surface area contributed by atoms with Crippen LogP contribution in [-0.4, -0.2) is 49.0 Å². The lowest BCUT2D eigenvalue weighted by atomic mass is 9.91. The number of carbonyl (C=O) groups is 1. The van der Waals surface area contributed by atoms with Gasteiger partial charge in [0, 0.05) is 24.8 Å². The van der Waals surface area contributed by atoms with Crippen LogP contribution in [0.3, 0.4) is 0 Å². The molecule has 1 aliphatic heterocycles. The van der Waals surface area contributed by atoms with E-state index in [1.807, 2.05) is 13.8 Å². The normalized spacial score (nSPS) is 20.9. The number of amides is 1. The van der Waals surface area contributed by atoms with Crippen LogP contribution in [0.2, 0.25) is 0 Å². The maximum absolute atomic E-state index is 11.6. The summed E-state index contributed by atoms with van der Waals surface area (Å²) in [5.41, 5.74) is -0.342. The highest BCUT2D eigenvalue weighted by Crippen LogP contribution is 2.19. The van der Waals surface area contributed by atoms with Gasteiger partial charge in [-0.05, 0) is 26.2 Å². The minimum absolute atomic E-state index is 0.0151. The molecule has 0 aromatic rings. The van der Waals surface area contributed by atoms with E-state index in [4.69, 9.17) is 4.74 Å². The SMILES string of the molecule is CCC(C)NC(=O)CNC1(CO)CCOCC1. The largest absolute Gasteiger partial charge is 0.394 e. The Balaban J connectivity index is 2.34. The summed E-state index contributed by atoms with van der Waals surface area (Å²) in [5, 5.41) is 15.5. The van der Waals surface area contributed by atoms with Crippen LogP contribution < -0.4 is 10.6 Å². The van der Waals surface area contributed by atoms with Crippen LogP contribution in [0.5, 0.6) is 0 Å². The first-order valence-electron chi connectivity index (χ1n) is 6.35. The van der Waals surface area contributed by atoms with Crippen molar-refractivity contribution in [2.24, 2.45) is 0 Å². The number of aliphatic hydroxyl groups is 1. The molecule has 1 amide bonds. The standard InChI is InChI=1S/C12H24N2O3/c1-3-10(2)14-11(16)8-13-12(9-15)4-6-17-7-5-12/h10,13,15H,3-9H2,1-2H3,(H,14,16). The smallest absolute Gasteiger partial charge is 0.234 e. The Labute approximate surface area is 103 Å². The van der Waals surface area contributed by atoms with Crippen molar-refractivity contribution < 1.29 is 14.6 Å². The van der Waals surface area contributed by atoms with Crippen molar-refractivity contribution in [2.45, 2.75) is 44.7 Å². The molecule has 3 N–H and O–H groups in total. The maximum atomic E-state index is 11.6. The van der Waals surface area contributed by atoms with Gasteiger partial charge < -0.3 is 20.5 Å². The van der Waals surface area contributed by atoms with E-state index < -0.39 is 0 Å². The van der Waals surface area contributed by atoms with E-state index >= 15 is 0 Å². The molecule has 0 aromatic carbocycles. The van der Waals surface area contributed by atoms with Crippen molar-refractivity contribution in [3.05, 3.63) is 0 Å². The Morgan fingerprint density at radius 3 is 2.65 bits per heavy atom. The molecule has 1 atom stereocenters. The lowest BCUT2D eigenvalue weighted by Crippen LogP contribution is -2.55. The van der Waals surface area contributed by atoms with Crippen LogP contribution in [-0.2, 0) is 9.53 Å². The van der Waals surface area contributed by atoms with Gasteiger partial charge >= 0.3 is 0 Å². The summed E-state index contributed by atoms with van der Waals surface area (Å²) >= 11 is 0. The molecule has 1 aliphatic rings. The fourth-order valence-electron chi connectivity index (χ4n) is 1.85. The van der Waals surface area contributed by atoms with Crippen molar-refractivity contribution >= 4 is 5.91 Å². The van der Waals surface area contributed by atoms with E-state index in [2.05, 4.69) is 10.6 Å². The zero-order chi connectivity index (χ0) is 12.7. The van der Waals surface area contributed by atoms with Gasteiger partial charge in [-0.3, -0.25) is 4.79 Å². The van der Waals surface area contributed by atoms with Gasteiger partial charge in [-0.15, -0.1) is 0 Å². The summed E-state index contributed by atoms with van der Waals surface area (Å²) in [6, 6.07) is 0.198. The number of carbonyl (C=O) groups excluding carboxylic acids is 1. The zero-order valence-electron chi connectivity index (χ0n) is 10.8. The number of nitrogens with one attached hydrogen (secondary N) is 2. The molecule has 1 heterocycles. The molecule has 5 heteroatoms. The predicted molar refractivity (Wildman–Crippen MR) is 65.8 cm³/mol. The lowest BCUT2D eigenvalue weighted by molar-refractivity contribution is -0.121. The Kier molecular flexibility index (Phi) is 5.88. The quantitative estimate of drug-likeness (QED) is 0.616. The molecule has 0 aromatic heterocycles. The Morgan fingerprint density at radius 1 is 1.47 bits per heavy atom. The number of rotatable bonds is 6. The fourth-order valence-corrected chi connectivity index (χ4v) is 1.85. The zero-order valence-corrected chi connectivity index (χ0v) is 10.8. The highest BCUT2D eigenvalue weighted by atomic mass is 16.5. The second-order valence-corrected chi connectivity index (χ2v) is 4.78. The van der Waals surface area contributed by atoms with E-state index in [-0.39, 0.29) is 30.6 Å². The average Bonchev–Trinajstić information content (AvgIpc) is 2.37. The summed E-state index contributed by atoms with van der Waals surface area (Å²) in [5.74, 6) is -0.0151. The summed E-state index contributed by atoms with van der Waals surface area (Å²) in [4.78, 5) is 11.6. The van der Waals surface area contributed by atoms with Crippen LogP contribution in [0, 0.1) is 0 Å². The van der Waals surface area contributed by atoms with Gasteiger partial charge in [0.05, 0.1) is 13.2 Å². The van der Waals surface area contributed by atoms with E-state index in [9.17, 15) is 9.90 Å². The first-order valence-corrected chi connectivity index (χ1v) is 6.35. The summed E-state index contributed by atoms with van der Waals surface area (Å²) < 4.78 is 5.26. The van der Waals surface area contributed by atoms with Gasteiger partial charge in [0.25, 0.3) is 0 Å². The molecule has 0 radical (unpaired) electrons. The lowest BCUT2D eigenvalue weighted by Gasteiger charge is -2.36. The number of ether oxygens (including phenoxy) is 1. The summed E-state index contributed by atoms with van der Waals surface area (Å²) in [6.07, 6.45) is 2.42. The molecule has 1 fully saturated rings. The molecule has 0 aliphatic carbocycles. The van der Waals surface area contributed by atoms with Crippen molar-refractivity contribution in [1.29, 1.82) is 0 Å². The van der Waals surface area contributed by atoms with Gasteiger partial charge in [-0.2, -0.15) is 0 Å². The molecule has 100 valence electrons. The van der Waals surface area contributed by atoms with Crippen molar-refractivity contribution in [3.63, 3.8) is 0 Å². The van der Waals surface area contributed by atoms with E-state index in [0.717, 1.165) is 19.3 Å². The van der Waals surface area contributed by atoms with Gasteiger partial charge in [0.2, 0.25) is 5.91 Å². The molecule has 0 spiro atoms. The third kappa shape index (κ3) is 4.61. The summed E-state index contributed by atoms with van der Waals surface area (Å²) in [6.45, 7) is 5.60. The maximum Gasteiger partial charge on any atom is 0.234 e. The molecular weight excluding hydrogens is 220 g/mol. The van der Waals surface area contributed by atoms with Gasteiger partial charge in [-0.25, -0.2) is 0 Å². The molecule has 0 bridgehead atoms. The third-order valence-electron chi connectivity index (χ3n) is 3.40. The number of hydrogen-bond donors (Lipinski definition) is 3. The third-order valence-corrected chi connectivity index (χ3v) is 3.40. The van der Waals surface area contributed by atoms with Gasteiger partial charge in [0.1, 0.15) is 0 Å². The van der Waals surface area contributed by atoms with Crippen LogP contribution in [0.15, 0.2) is 0 Å². The first kappa shape index (κ1) is 14.4. The minimum atomic E-state index is -0.342. The van der Waals surface area contributed by atoms with Gasteiger partial charge in [-0.1, -0.05) is 6.92 Å². The van der Waals surface area contributed by atoms with Crippen LogP contribution >= 0.6 is 0 Å². The minimum Gasteiger partial charge on any atom is -0.394 e. The van der Waals surface area contributed by atoms with Crippen molar-refractivity contribution in [3.8, 4) is 0 Å². The first-order chi connectivity index (χ1) is 8.12. The summed E-state index contributed by atoms with van der Waals surface area (Å²) in [7, 11) is 0.